The summed E-state index contributed by atoms with van der Waals surface area (Å²) >= 11 is 0. The first kappa shape index (κ1) is 26.5. The molecule has 0 bridgehead atoms. The maximum Gasteiger partial charge on any atom is 0.471 e. The lowest BCUT2D eigenvalue weighted by Crippen LogP contribution is -2.54. The summed E-state index contributed by atoms with van der Waals surface area (Å²) in [4.78, 5) is 51.6. The van der Waals surface area contributed by atoms with E-state index in [0.717, 1.165) is 11.3 Å². The van der Waals surface area contributed by atoms with Crippen LogP contribution in [0.1, 0.15) is 52.5 Å². The second-order valence-corrected chi connectivity index (χ2v) is 10.3. The lowest BCUT2D eigenvalue weighted by Gasteiger charge is -2.43. The van der Waals surface area contributed by atoms with Crippen LogP contribution in [0, 0.1) is 11.3 Å². The molecule has 2 aliphatic rings. The van der Waals surface area contributed by atoms with E-state index in [1.165, 1.54) is 31.2 Å². The first-order chi connectivity index (χ1) is 16.2. The molecule has 5 amide bonds. The Morgan fingerprint density at radius 3 is 2.51 bits per heavy atom. The van der Waals surface area contributed by atoms with Crippen LogP contribution in [0.15, 0.2) is 24.3 Å². The molecular weight excluding hydrogens is 465 g/mol. The second-order valence-electron chi connectivity index (χ2n) is 10.3. The fraction of sp³-hybridized carbons (Fsp3) is 0.583. The summed E-state index contributed by atoms with van der Waals surface area (Å²) in [6.07, 6.45) is -3.06. The molecule has 1 saturated heterocycles. The highest BCUT2D eigenvalue weighted by molar-refractivity contribution is 6.10. The highest BCUT2D eigenvalue weighted by atomic mass is 19.4. The molecule has 1 aliphatic heterocycles. The molecule has 0 radical (unpaired) electrons. The molecule has 1 aromatic rings. The largest absolute Gasteiger partial charge is 0.471 e. The van der Waals surface area contributed by atoms with Crippen molar-refractivity contribution < 1.29 is 32.3 Å². The molecule has 1 saturated carbocycles. The van der Waals surface area contributed by atoms with Crippen LogP contribution in [-0.2, 0) is 20.9 Å². The van der Waals surface area contributed by atoms with E-state index in [2.05, 4.69) is 10.6 Å². The molecule has 2 fully saturated rings. The van der Waals surface area contributed by atoms with Crippen LogP contribution in [-0.4, -0.2) is 58.4 Å². The van der Waals surface area contributed by atoms with Crippen molar-refractivity contribution in [1.82, 2.24) is 15.1 Å². The van der Waals surface area contributed by atoms with E-state index in [4.69, 9.17) is 0 Å². The van der Waals surface area contributed by atoms with Crippen molar-refractivity contribution in [2.24, 2.45) is 11.3 Å². The summed E-state index contributed by atoms with van der Waals surface area (Å²) in [6.45, 7) is 6.66. The molecule has 8 nitrogen and oxygen atoms in total. The minimum absolute atomic E-state index is 0.140. The monoisotopic (exact) mass is 496 g/mol. The number of urea groups is 1. The number of alkyl halides is 3. The van der Waals surface area contributed by atoms with Gasteiger partial charge in [-0.1, -0.05) is 32.9 Å². The molecule has 1 spiro atoms. The van der Waals surface area contributed by atoms with Crippen LogP contribution in [0.4, 0.5) is 23.7 Å². The van der Waals surface area contributed by atoms with Gasteiger partial charge in [-0.3, -0.25) is 19.3 Å². The third-order valence-corrected chi connectivity index (χ3v) is 6.42. The Kier molecular flexibility index (Phi) is 7.19. The number of halogens is 3. The van der Waals surface area contributed by atoms with Gasteiger partial charge in [-0.05, 0) is 55.2 Å². The third-order valence-electron chi connectivity index (χ3n) is 6.42. The van der Waals surface area contributed by atoms with Crippen LogP contribution < -0.4 is 10.6 Å². The molecule has 2 N–H and O–H groups in total. The van der Waals surface area contributed by atoms with Crippen molar-refractivity contribution in [1.29, 1.82) is 0 Å². The van der Waals surface area contributed by atoms with Crippen LogP contribution >= 0.6 is 0 Å². The lowest BCUT2D eigenvalue weighted by molar-refractivity contribution is -0.185. The van der Waals surface area contributed by atoms with Crippen molar-refractivity contribution in [2.45, 2.75) is 65.2 Å². The van der Waals surface area contributed by atoms with Crippen molar-refractivity contribution in [2.75, 3.05) is 18.4 Å². The Labute approximate surface area is 202 Å². The van der Waals surface area contributed by atoms with E-state index < -0.39 is 42.0 Å². The Bertz CT molecular complexity index is 1030. The van der Waals surface area contributed by atoms with E-state index in [0.29, 0.717) is 23.3 Å². The van der Waals surface area contributed by atoms with Gasteiger partial charge in [-0.25, -0.2) is 4.79 Å². The van der Waals surface area contributed by atoms with Crippen LogP contribution in [0.25, 0.3) is 0 Å². The van der Waals surface area contributed by atoms with Gasteiger partial charge in [0, 0.05) is 18.8 Å². The molecule has 1 aromatic carbocycles. The van der Waals surface area contributed by atoms with Crippen molar-refractivity contribution in [3.63, 3.8) is 0 Å². The number of nitrogens with zero attached hydrogens (tertiary/aromatic N) is 2. The number of rotatable bonds is 6. The number of imide groups is 1. The average Bonchev–Trinajstić information content (AvgIpc) is 2.92. The summed E-state index contributed by atoms with van der Waals surface area (Å²) in [5, 5.41) is 5.39. The maximum absolute atomic E-state index is 13.2. The number of benzene rings is 1. The van der Waals surface area contributed by atoms with Gasteiger partial charge in [0.05, 0.1) is 0 Å². The van der Waals surface area contributed by atoms with Crippen molar-refractivity contribution in [3.05, 3.63) is 29.8 Å². The highest BCUT2D eigenvalue weighted by Crippen LogP contribution is 2.46. The fourth-order valence-corrected chi connectivity index (χ4v) is 5.47. The summed E-state index contributed by atoms with van der Waals surface area (Å²) in [6, 6.07) is 5.43. The lowest BCUT2D eigenvalue weighted by atomic mass is 9.64. The van der Waals surface area contributed by atoms with Crippen LogP contribution in [0.3, 0.4) is 0 Å². The molecule has 2 unspecified atom stereocenters. The number of nitrogens with one attached hydrogen (secondary N) is 2. The minimum atomic E-state index is -4.98. The third kappa shape index (κ3) is 5.94. The van der Waals surface area contributed by atoms with Crippen molar-refractivity contribution >= 4 is 29.4 Å². The van der Waals surface area contributed by atoms with Gasteiger partial charge in [0.15, 0.2) is 0 Å². The molecule has 2 atom stereocenters. The zero-order valence-corrected chi connectivity index (χ0v) is 20.3. The Balaban J connectivity index is 1.66. The van der Waals surface area contributed by atoms with Crippen molar-refractivity contribution in [3.8, 4) is 0 Å². The molecule has 0 aromatic heterocycles. The summed E-state index contributed by atoms with van der Waals surface area (Å²) in [5.74, 6) is -2.76. The summed E-state index contributed by atoms with van der Waals surface area (Å²) in [7, 11) is 0. The maximum atomic E-state index is 13.2. The van der Waals surface area contributed by atoms with E-state index in [1.54, 1.807) is 0 Å². The van der Waals surface area contributed by atoms with E-state index >= 15 is 0 Å². The first-order valence-corrected chi connectivity index (χ1v) is 11.5. The van der Waals surface area contributed by atoms with E-state index in [1.807, 2.05) is 20.8 Å². The summed E-state index contributed by atoms with van der Waals surface area (Å²) < 4.78 is 38.3. The van der Waals surface area contributed by atoms with Crippen LogP contribution in [0.2, 0.25) is 0 Å². The highest BCUT2D eigenvalue weighted by Gasteiger charge is 2.56. The molecule has 1 aliphatic carbocycles. The van der Waals surface area contributed by atoms with Gasteiger partial charge in [0.1, 0.15) is 12.1 Å². The Hall–Kier alpha value is -3.11. The topological polar surface area (TPSA) is 98.8 Å². The zero-order valence-electron chi connectivity index (χ0n) is 20.3. The van der Waals surface area contributed by atoms with E-state index in [9.17, 15) is 32.3 Å². The standard InChI is InChI=1S/C24H31F3N4O4/c1-5-30(20(34)24(25,26)27)12-16-7-6-8-17(9-16)28-18(32)13-31-19(33)23(29-21(31)35)11-15(2)10-22(3,4)14-23/h6-9,15H,5,10-14H2,1-4H3,(H,28,32)(H,29,35). The summed E-state index contributed by atoms with van der Waals surface area (Å²) in [5.41, 5.74) is -0.501. The Morgan fingerprint density at radius 1 is 1.23 bits per heavy atom. The van der Waals surface area contributed by atoms with Gasteiger partial charge in [-0.15, -0.1) is 0 Å². The minimum Gasteiger partial charge on any atom is -0.331 e. The fourth-order valence-electron chi connectivity index (χ4n) is 5.47. The number of anilines is 1. The van der Waals surface area contributed by atoms with Gasteiger partial charge in [0.2, 0.25) is 5.91 Å². The number of carbonyl (C=O) groups excluding carboxylic acids is 4. The number of hydrogen-bond donors (Lipinski definition) is 2. The molecule has 11 heteroatoms. The SMILES string of the molecule is CCN(Cc1cccc(NC(=O)CN2C(=O)NC3(CC(C)CC(C)(C)C3)C2=O)c1)C(=O)C(F)(F)F. The number of carbonyl (C=O) groups is 4. The molecule has 3 rings (SSSR count). The molecular formula is C24H31F3N4O4. The quantitative estimate of drug-likeness (QED) is 0.587. The number of hydrogen-bond acceptors (Lipinski definition) is 4. The predicted molar refractivity (Wildman–Crippen MR) is 122 cm³/mol. The molecule has 1 heterocycles. The zero-order chi connectivity index (χ0) is 26.2. The molecule has 35 heavy (non-hydrogen) atoms. The Morgan fingerprint density at radius 2 is 1.91 bits per heavy atom. The second kappa shape index (κ2) is 9.50. The van der Waals surface area contributed by atoms with E-state index in [-0.39, 0.29) is 30.1 Å². The van der Waals surface area contributed by atoms with Gasteiger partial charge < -0.3 is 15.5 Å². The van der Waals surface area contributed by atoms with Gasteiger partial charge in [-0.2, -0.15) is 13.2 Å². The molecule has 192 valence electrons. The predicted octanol–water partition coefficient (Wildman–Crippen LogP) is 3.67. The smallest absolute Gasteiger partial charge is 0.331 e. The van der Waals surface area contributed by atoms with Gasteiger partial charge in [0.25, 0.3) is 5.91 Å². The first-order valence-electron chi connectivity index (χ1n) is 11.5. The normalized spacial score (nSPS) is 23.9. The average molecular weight is 497 g/mol. The van der Waals surface area contributed by atoms with Crippen LogP contribution in [0.5, 0.6) is 0 Å². The number of amides is 5. The van der Waals surface area contributed by atoms with Gasteiger partial charge >= 0.3 is 18.1 Å².